The standard InChI is InChI=1S/C22H27N3O2S2.ClH/c1-5-28-17-10-6-9-16(15-17)21(26)25(14-8-13-24(2)3)22-23-20-18(27-4)11-7-12-19(20)29-22;/h6-7,9-12,15H,5,8,13-14H2,1-4H3;1H. The molecule has 3 rings (SSSR count). The molecule has 0 spiro atoms. The number of aromatic nitrogens is 1. The predicted molar refractivity (Wildman–Crippen MR) is 131 cm³/mol. The van der Waals surface area contributed by atoms with E-state index in [9.17, 15) is 4.79 Å². The average Bonchev–Trinajstić information content (AvgIpc) is 3.15. The maximum Gasteiger partial charge on any atom is 0.260 e. The molecule has 162 valence electrons. The molecule has 0 atom stereocenters. The summed E-state index contributed by atoms with van der Waals surface area (Å²) in [4.78, 5) is 23.3. The summed E-state index contributed by atoms with van der Waals surface area (Å²) in [5.41, 5.74) is 1.50. The van der Waals surface area contributed by atoms with E-state index in [1.807, 2.05) is 61.5 Å². The van der Waals surface area contributed by atoms with E-state index in [0.717, 1.165) is 39.6 Å². The van der Waals surface area contributed by atoms with Crippen LogP contribution in [0.3, 0.4) is 0 Å². The lowest BCUT2D eigenvalue weighted by molar-refractivity contribution is 0.0986. The normalized spacial score (nSPS) is 10.8. The van der Waals surface area contributed by atoms with E-state index in [2.05, 4.69) is 11.8 Å². The number of nitrogens with zero attached hydrogens (tertiary/aromatic N) is 3. The van der Waals surface area contributed by atoms with Gasteiger partial charge in [0.05, 0.1) is 11.8 Å². The number of rotatable bonds is 9. The highest BCUT2D eigenvalue weighted by atomic mass is 35.5. The van der Waals surface area contributed by atoms with Gasteiger partial charge in [0.2, 0.25) is 0 Å². The van der Waals surface area contributed by atoms with E-state index in [0.29, 0.717) is 17.2 Å². The lowest BCUT2D eigenvalue weighted by Crippen LogP contribution is -2.33. The Morgan fingerprint density at radius 2 is 1.93 bits per heavy atom. The number of hydrogen-bond donors (Lipinski definition) is 0. The Bertz CT molecular complexity index is 978. The Morgan fingerprint density at radius 3 is 2.63 bits per heavy atom. The van der Waals surface area contributed by atoms with Crippen LogP contribution in [-0.2, 0) is 0 Å². The fourth-order valence-corrected chi connectivity index (χ4v) is 4.79. The Morgan fingerprint density at radius 1 is 1.17 bits per heavy atom. The maximum atomic E-state index is 13.4. The summed E-state index contributed by atoms with van der Waals surface area (Å²) in [5.74, 6) is 1.69. The number of para-hydroxylation sites is 1. The zero-order valence-corrected chi connectivity index (χ0v) is 20.2. The van der Waals surface area contributed by atoms with Crippen molar-refractivity contribution in [1.82, 2.24) is 9.88 Å². The molecule has 0 fully saturated rings. The lowest BCUT2D eigenvalue weighted by atomic mass is 10.2. The summed E-state index contributed by atoms with van der Waals surface area (Å²) in [6.45, 7) is 3.63. The van der Waals surface area contributed by atoms with Gasteiger partial charge in [0.1, 0.15) is 11.3 Å². The number of carbonyl (C=O) groups excluding carboxylic acids is 1. The zero-order chi connectivity index (χ0) is 20.8. The van der Waals surface area contributed by atoms with Crippen LogP contribution in [0.1, 0.15) is 23.7 Å². The molecule has 5 nitrogen and oxygen atoms in total. The molecule has 1 heterocycles. The summed E-state index contributed by atoms with van der Waals surface area (Å²) in [6.07, 6.45) is 0.870. The van der Waals surface area contributed by atoms with Gasteiger partial charge in [-0.25, -0.2) is 4.98 Å². The molecule has 0 radical (unpaired) electrons. The van der Waals surface area contributed by atoms with Crippen molar-refractivity contribution in [2.75, 3.05) is 44.9 Å². The van der Waals surface area contributed by atoms with Gasteiger partial charge in [-0.1, -0.05) is 30.4 Å². The van der Waals surface area contributed by atoms with Crippen molar-refractivity contribution in [3.63, 3.8) is 0 Å². The smallest absolute Gasteiger partial charge is 0.260 e. The van der Waals surface area contributed by atoms with Crippen molar-refractivity contribution in [2.24, 2.45) is 0 Å². The van der Waals surface area contributed by atoms with Gasteiger partial charge in [0.25, 0.3) is 5.91 Å². The molecule has 0 aliphatic heterocycles. The largest absolute Gasteiger partial charge is 0.494 e. The third-order valence-electron chi connectivity index (χ3n) is 4.45. The molecule has 2 aromatic carbocycles. The maximum absolute atomic E-state index is 13.4. The summed E-state index contributed by atoms with van der Waals surface area (Å²) in [5, 5.41) is 0.710. The number of fused-ring (bicyclic) bond motifs is 1. The van der Waals surface area contributed by atoms with Gasteiger partial charge in [-0.3, -0.25) is 9.69 Å². The molecule has 0 saturated carbocycles. The number of anilines is 1. The Hall–Kier alpha value is -1.80. The molecule has 0 saturated heterocycles. The van der Waals surface area contributed by atoms with Crippen LogP contribution in [0.5, 0.6) is 5.75 Å². The minimum atomic E-state index is -0.0136. The number of benzene rings is 2. The third kappa shape index (κ3) is 5.88. The molecular weight excluding hydrogens is 438 g/mol. The number of ether oxygens (including phenoxy) is 1. The van der Waals surface area contributed by atoms with Crippen LogP contribution in [0.15, 0.2) is 47.4 Å². The highest BCUT2D eigenvalue weighted by Crippen LogP contribution is 2.35. The third-order valence-corrected chi connectivity index (χ3v) is 6.37. The minimum Gasteiger partial charge on any atom is -0.494 e. The summed E-state index contributed by atoms with van der Waals surface area (Å²) in [7, 11) is 5.73. The van der Waals surface area contributed by atoms with E-state index in [4.69, 9.17) is 9.72 Å². The second kappa shape index (κ2) is 11.6. The van der Waals surface area contributed by atoms with Gasteiger partial charge in [-0.15, -0.1) is 24.2 Å². The van der Waals surface area contributed by atoms with Crippen molar-refractivity contribution < 1.29 is 9.53 Å². The second-order valence-electron chi connectivity index (χ2n) is 6.88. The van der Waals surface area contributed by atoms with Crippen LogP contribution in [-0.4, -0.2) is 55.8 Å². The van der Waals surface area contributed by atoms with Gasteiger partial charge in [-0.2, -0.15) is 0 Å². The van der Waals surface area contributed by atoms with Gasteiger partial charge >= 0.3 is 0 Å². The minimum absolute atomic E-state index is 0. The number of hydrogen-bond acceptors (Lipinski definition) is 6. The molecule has 1 aromatic heterocycles. The molecule has 3 aromatic rings. The molecule has 0 N–H and O–H groups in total. The molecule has 0 unspecified atom stereocenters. The molecule has 0 aliphatic carbocycles. The van der Waals surface area contributed by atoms with Crippen LogP contribution < -0.4 is 9.64 Å². The van der Waals surface area contributed by atoms with Crippen molar-refractivity contribution in [3.05, 3.63) is 48.0 Å². The number of amides is 1. The van der Waals surface area contributed by atoms with E-state index in [1.165, 1.54) is 11.3 Å². The number of methoxy groups -OCH3 is 1. The molecule has 0 bridgehead atoms. The number of thiazole rings is 1. The van der Waals surface area contributed by atoms with Gasteiger partial charge in [-0.05, 0) is 63.1 Å². The first-order chi connectivity index (χ1) is 14.0. The van der Waals surface area contributed by atoms with Crippen molar-refractivity contribution in [2.45, 2.75) is 18.2 Å². The molecule has 1 amide bonds. The Kier molecular flexibility index (Phi) is 9.42. The lowest BCUT2D eigenvalue weighted by Gasteiger charge is -2.21. The first-order valence-electron chi connectivity index (χ1n) is 9.66. The molecule has 0 aliphatic rings. The van der Waals surface area contributed by atoms with Crippen LogP contribution in [0.25, 0.3) is 10.2 Å². The Labute approximate surface area is 192 Å². The zero-order valence-electron chi connectivity index (χ0n) is 17.8. The van der Waals surface area contributed by atoms with E-state index < -0.39 is 0 Å². The van der Waals surface area contributed by atoms with Crippen molar-refractivity contribution in [3.8, 4) is 5.75 Å². The van der Waals surface area contributed by atoms with Crippen molar-refractivity contribution >= 4 is 56.8 Å². The van der Waals surface area contributed by atoms with Gasteiger partial charge < -0.3 is 9.64 Å². The average molecular weight is 466 g/mol. The van der Waals surface area contributed by atoms with E-state index in [1.54, 1.807) is 18.9 Å². The fraction of sp³-hybridized carbons (Fsp3) is 0.364. The van der Waals surface area contributed by atoms with Crippen LogP contribution in [0, 0.1) is 0 Å². The van der Waals surface area contributed by atoms with Crippen LogP contribution >= 0.6 is 35.5 Å². The highest BCUT2D eigenvalue weighted by Gasteiger charge is 2.22. The topological polar surface area (TPSA) is 45.7 Å². The highest BCUT2D eigenvalue weighted by molar-refractivity contribution is 7.99. The Balaban J connectivity index is 0.00000320. The summed E-state index contributed by atoms with van der Waals surface area (Å²) < 4.78 is 6.47. The SMILES string of the molecule is CCSc1cccc(C(=O)N(CCCN(C)C)c2nc3c(OC)cccc3s2)c1.Cl. The molecular formula is C22H28ClN3O2S2. The quantitative estimate of drug-likeness (QED) is 0.394. The first kappa shape index (κ1) is 24.5. The van der Waals surface area contributed by atoms with Crippen LogP contribution in [0.4, 0.5) is 5.13 Å². The predicted octanol–water partition coefficient (Wildman–Crippen LogP) is 5.44. The van der Waals surface area contributed by atoms with E-state index >= 15 is 0 Å². The monoisotopic (exact) mass is 465 g/mol. The number of thioether (sulfide) groups is 1. The number of carbonyl (C=O) groups is 1. The molecule has 30 heavy (non-hydrogen) atoms. The fourth-order valence-electron chi connectivity index (χ4n) is 3.06. The number of halogens is 1. The van der Waals surface area contributed by atoms with Gasteiger partial charge in [0, 0.05) is 17.0 Å². The first-order valence-corrected chi connectivity index (χ1v) is 11.5. The summed E-state index contributed by atoms with van der Waals surface area (Å²) >= 11 is 3.26. The molecule has 8 heteroatoms. The van der Waals surface area contributed by atoms with Crippen molar-refractivity contribution in [1.29, 1.82) is 0 Å². The van der Waals surface area contributed by atoms with Gasteiger partial charge in [0.15, 0.2) is 5.13 Å². The summed E-state index contributed by atoms with van der Waals surface area (Å²) in [6, 6.07) is 13.7. The van der Waals surface area contributed by atoms with Crippen LogP contribution in [0.2, 0.25) is 0 Å². The second-order valence-corrected chi connectivity index (χ2v) is 9.22. The van der Waals surface area contributed by atoms with E-state index in [-0.39, 0.29) is 18.3 Å².